The monoisotopic (exact) mass is 511 g/mol. The Morgan fingerprint density at radius 2 is 1.55 bits per heavy atom. The molecule has 1 saturated carbocycles. The van der Waals surface area contributed by atoms with E-state index in [-0.39, 0.29) is 0 Å². The summed E-state index contributed by atoms with van der Waals surface area (Å²) in [7, 11) is 1.79. The van der Waals surface area contributed by atoms with Gasteiger partial charge in [-0.2, -0.15) is 0 Å². The maximum Gasteiger partial charge on any atom is 0.144 e. The van der Waals surface area contributed by atoms with Gasteiger partial charge in [-0.05, 0) is 55.5 Å². The molecule has 0 bridgehead atoms. The van der Waals surface area contributed by atoms with Crippen molar-refractivity contribution in [1.29, 1.82) is 0 Å². The van der Waals surface area contributed by atoms with Gasteiger partial charge in [0.05, 0.1) is 6.61 Å². The Bertz CT molecular complexity index is 1310. The molecule has 7 heteroatoms. The number of hydrogen-bond donors (Lipinski definition) is 0. The molecule has 2 aliphatic rings. The minimum Gasteiger partial charge on any atom is -0.457 e. The van der Waals surface area contributed by atoms with E-state index in [4.69, 9.17) is 14.5 Å². The van der Waals surface area contributed by atoms with E-state index in [1.807, 2.05) is 48.7 Å². The van der Waals surface area contributed by atoms with Crippen LogP contribution in [-0.4, -0.2) is 76.8 Å². The van der Waals surface area contributed by atoms with E-state index < -0.39 is 0 Å². The minimum atomic E-state index is 0.473. The highest BCUT2D eigenvalue weighted by Crippen LogP contribution is 2.38. The topological polar surface area (TPSA) is 55.7 Å². The van der Waals surface area contributed by atoms with Gasteiger partial charge in [0.1, 0.15) is 23.5 Å². The highest BCUT2D eigenvalue weighted by atomic mass is 16.5. The summed E-state index contributed by atoms with van der Waals surface area (Å²) in [6.45, 7) is 6.53. The average Bonchev–Trinajstić information content (AvgIpc) is 3.37. The Kier molecular flexibility index (Phi) is 7.67. The second-order valence-electron chi connectivity index (χ2n) is 10.5. The first-order chi connectivity index (χ1) is 18.8. The van der Waals surface area contributed by atoms with Crippen molar-refractivity contribution in [2.45, 2.75) is 37.8 Å². The van der Waals surface area contributed by atoms with Crippen molar-refractivity contribution < 1.29 is 9.47 Å². The number of piperazine rings is 1. The molecule has 7 nitrogen and oxygen atoms in total. The van der Waals surface area contributed by atoms with Crippen molar-refractivity contribution in [3.8, 4) is 22.6 Å². The first kappa shape index (κ1) is 25.0. The Morgan fingerprint density at radius 1 is 0.842 bits per heavy atom. The van der Waals surface area contributed by atoms with E-state index in [0.717, 1.165) is 54.3 Å². The molecule has 0 N–H and O–H groups in total. The number of hydrogen-bond acceptors (Lipinski definition) is 6. The number of rotatable bonds is 8. The maximum absolute atomic E-state index is 6.00. The summed E-state index contributed by atoms with van der Waals surface area (Å²) in [5, 5.41) is 1.11. The maximum atomic E-state index is 6.00. The molecule has 0 spiro atoms. The fourth-order valence-corrected chi connectivity index (χ4v) is 6.10. The van der Waals surface area contributed by atoms with E-state index in [2.05, 4.69) is 37.7 Å². The minimum absolute atomic E-state index is 0.473. The zero-order valence-corrected chi connectivity index (χ0v) is 22.2. The van der Waals surface area contributed by atoms with Gasteiger partial charge in [0, 0.05) is 75.3 Å². The lowest BCUT2D eigenvalue weighted by Crippen LogP contribution is -2.51. The van der Waals surface area contributed by atoms with Crippen molar-refractivity contribution in [1.82, 2.24) is 24.3 Å². The van der Waals surface area contributed by atoms with Crippen molar-refractivity contribution in [2.24, 2.45) is 0 Å². The Hall–Kier alpha value is -3.26. The number of para-hydroxylation sites is 1. The van der Waals surface area contributed by atoms with Crippen LogP contribution in [0.2, 0.25) is 0 Å². The van der Waals surface area contributed by atoms with Gasteiger partial charge < -0.3 is 14.0 Å². The fourth-order valence-electron chi connectivity index (χ4n) is 6.10. The van der Waals surface area contributed by atoms with E-state index in [0.29, 0.717) is 12.1 Å². The van der Waals surface area contributed by atoms with Gasteiger partial charge in [-0.1, -0.05) is 30.3 Å². The summed E-state index contributed by atoms with van der Waals surface area (Å²) in [5.41, 5.74) is 3.37. The summed E-state index contributed by atoms with van der Waals surface area (Å²) in [6.07, 6.45) is 10.8. The normalized spacial score (nSPS) is 21.1. The third kappa shape index (κ3) is 5.46. The van der Waals surface area contributed by atoms with Gasteiger partial charge in [0.25, 0.3) is 0 Å². The number of nitrogens with zero attached hydrogens (tertiary/aromatic N) is 5. The van der Waals surface area contributed by atoms with E-state index in [1.165, 1.54) is 44.3 Å². The van der Waals surface area contributed by atoms with Crippen LogP contribution in [0, 0.1) is 0 Å². The van der Waals surface area contributed by atoms with Crippen LogP contribution >= 0.6 is 0 Å². The Morgan fingerprint density at radius 3 is 2.29 bits per heavy atom. The van der Waals surface area contributed by atoms with Crippen LogP contribution in [0.25, 0.3) is 22.2 Å². The van der Waals surface area contributed by atoms with Crippen LogP contribution < -0.4 is 4.74 Å². The second-order valence-corrected chi connectivity index (χ2v) is 10.5. The summed E-state index contributed by atoms with van der Waals surface area (Å²) >= 11 is 0. The summed E-state index contributed by atoms with van der Waals surface area (Å²) in [5.74, 6) is 1.67. The average molecular weight is 512 g/mol. The summed E-state index contributed by atoms with van der Waals surface area (Å²) in [6, 6.07) is 19.4. The Labute approximate surface area is 225 Å². The molecular formula is C31H37N5O2. The van der Waals surface area contributed by atoms with Gasteiger partial charge in [-0.15, -0.1) is 0 Å². The van der Waals surface area contributed by atoms with Gasteiger partial charge in [0.15, 0.2) is 0 Å². The quantitative estimate of drug-likeness (QED) is 0.305. The van der Waals surface area contributed by atoms with Crippen molar-refractivity contribution in [2.75, 3.05) is 46.4 Å². The molecule has 2 fully saturated rings. The predicted octanol–water partition coefficient (Wildman–Crippen LogP) is 5.64. The largest absolute Gasteiger partial charge is 0.457 e. The number of methoxy groups -OCH3 is 1. The highest BCUT2D eigenvalue weighted by Gasteiger charge is 2.30. The second kappa shape index (κ2) is 11.6. The molecule has 198 valence electrons. The molecule has 1 aliphatic carbocycles. The molecule has 0 radical (unpaired) electrons. The lowest BCUT2D eigenvalue weighted by atomic mass is 9.89. The summed E-state index contributed by atoms with van der Waals surface area (Å²) < 4.78 is 13.7. The lowest BCUT2D eigenvalue weighted by Gasteiger charge is -2.42. The van der Waals surface area contributed by atoms with Crippen LogP contribution in [0.15, 0.2) is 73.3 Å². The van der Waals surface area contributed by atoms with Crippen LogP contribution in [0.4, 0.5) is 0 Å². The first-order valence-electron chi connectivity index (χ1n) is 13.9. The number of aromatic nitrogens is 3. The number of benzene rings is 2. The molecule has 0 atom stereocenters. The molecule has 38 heavy (non-hydrogen) atoms. The fraction of sp³-hybridized carbons (Fsp3) is 0.419. The van der Waals surface area contributed by atoms with Crippen molar-refractivity contribution in [3.05, 3.63) is 73.3 Å². The molecule has 3 heterocycles. The highest BCUT2D eigenvalue weighted by molar-refractivity contribution is 5.93. The van der Waals surface area contributed by atoms with E-state index in [9.17, 15) is 0 Å². The zero-order chi connectivity index (χ0) is 25.7. The van der Waals surface area contributed by atoms with Crippen LogP contribution in [0.3, 0.4) is 0 Å². The first-order valence-corrected chi connectivity index (χ1v) is 13.9. The van der Waals surface area contributed by atoms with Gasteiger partial charge in [-0.3, -0.25) is 9.80 Å². The molecule has 2 aromatic carbocycles. The third-order valence-corrected chi connectivity index (χ3v) is 8.23. The van der Waals surface area contributed by atoms with Crippen LogP contribution in [-0.2, 0) is 4.74 Å². The SMILES string of the molecule is COCCN1CCN(C2CCC(n3cc(-c4ccc(Oc5ccccc5)cc4)c4cncnc43)CC2)CC1. The van der Waals surface area contributed by atoms with Gasteiger partial charge in [-0.25, -0.2) is 9.97 Å². The number of ether oxygens (including phenoxy) is 2. The lowest BCUT2D eigenvalue weighted by molar-refractivity contribution is 0.0579. The molecule has 1 aliphatic heterocycles. The molecule has 1 saturated heterocycles. The molecule has 0 amide bonds. The zero-order valence-electron chi connectivity index (χ0n) is 22.2. The number of fused-ring (bicyclic) bond motifs is 1. The van der Waals surface area contributed by atoms with Crippen molar-refractivity contribution in [3.63, 3.8) is 0 Å². The molecule has 6 rings (SSSR count). The van der Waals surface area contributed by atoms with Gasteiger partial charge in [0.2, 0.25) is 0 Å². The smallest absolute Gasteiger partial charge is 0.144 e. The van der Waals surface area contributed by atoms with Crippen molar-refractivity contribution >= 4 is 11.0 Å². The molecule has 0 unspecified atom stereocenters. The van der Waals surface area contributed by atoms with Crippen LogP contribution in [0.1, 0.15) is 31.7 Å². The Balaban J connectivity index is 1.14. The molecule has 4 aromatic rings. The van der Waals surface area contributed by atoms with Crippen LogP contribution in [0.5, 0.6) is 11.5 Å². The van der Waals surface area contributed by atoms with E-state index >= 15 is 0 Å². The third-order valence-electron chi connectivity index (χ3n) is 8.23. The predicted molar refractivity (Wildman–Crippen MR) is 151 cm³/mol. The van der Waals surface area contributed by atoms with E-state index in [1.54, 1.807) is 13.4 Å². The summed E-state index contributed by atoms with van der Waals surface area (Å²) in [4.78, 5) is 14.3. The molecule has 2 aromatic heterocycles. The molecular weight excluding hydrogens is 474 g/mol. The van der Waals surface area contributed by atoms with Gasteiger partial charge >= 0.3 is 0 Å². The standard InChI is InChI=1S/C31H37N5O2/c1-37-20-19-34-15-17-35(18-16-34)25-9-11-26(12-10-25)36-22-30(29-21-32-23-33-31(29)36)24-7-13-28(14-8-24)38-27-5-3-2-4-6-27/h2-8,13-14,21-23,25-26H,9-12,15-20H2,1H3.